The topological polar surface area (TPSA) is 29.5 Å². The number of hydrogen-bond donors (Lipinski definition) is 1. The third-order valence-corrected chi connectivity index (χ3v) is 3.97. The zero-order chi connectivity index (χ0) is 15.3. The number of hydrogen-bond acceptors (Lipinski definition) is 2. The quantitative estimate of drug-likeness (QED) is 0.808. The molecule has 0 saturated heterocycles. The van der Waals surface area contributed by atoms with E-state index in [9.17, 15) is 5.11 Å². The summed E-state index contributed by atoms with van der Waals surface area (Å²) in [6.45, 7) is 16.4. The Morgan fingerprint density at radius 1 is 1.35 bits per heavy atom. The molecule has 1 aliphatic rings. The molecular formula is C18H26O2. The van der Waals surface area contributed by atoms with Crippen LogP contribution in [0.1, 0.15) is 56.9 Å². The summed E-state index contributed by atoms with van der Waals surface area (Å²) >= 11 is 0. The maximum Gasteiger partial charge on any atom is 0.127 e. The lowest BCUT2D eigenvalue weighted by Gasteiger charge is -2.27. The van der Waals surface area contributed by atoms with Crippen LogP contribution >= 0.6 is 0 Å². The van der Waals surface area contributed by atoms with Gasteiger partial charge < -0.3 is 9.84 Å². The number of fused-ring (bicyclic) bond motifs is 1. The van der Waals surface area contributed by atoms with Crippen molar-refractivity contribution < 1.29 is 9.84 Å². The lowest BCUT2D eigenvalue weighted by atomic mass is 9.79. The van der Waals surface area contributed by atoms with Crippen LogP contribution < -0.4 is 4.74 Å². The summed E-state index contributed by atoms with van der Waals surface area (Å²) < 4.78 is 6.19. The zero-order valence-corrected chi connectivity index (χ0v) is 13.6. The summed E-state index contributed by atoms with van der Waals surface area (Å²) in [6.07, 6.45) is 3.45. The predicted molar refractivity (Wildman–Crippen MR) is 83.9 cm³/mol. The van der Waals surface area contributed by atoms with E-state index < -0.39 is 0 Å². The van der Waals surface area contributed by atoms with Crippen LogP contribution in [0, 0.1) is 6.92 Å². The molecule has 1 N–H and O–H groups in total. The van der Waals surface area contributed by atoms with E-state index in [1.165, 1.54) is 0 Å². The molecule has 0 bridgehead atoms. The van der Waals surface area contributed by atoms with Crippen LogP contribution in [0.4, 0.5) is 0 Å². The summed E-state index contributed by atoms with van der Waals surface area (Å²) in [5, 5.41) is 10.7. The minimum absolute atomic E-state index is 0.127. The van der Waals surface area contributed by atoms with E-state index in [1.807, 2.05) is 13.0 Å². The van der Waals surface area contributed by atoms with Crippen molar-refractivity contribution in [3.63, 3.8) is 0 Å². The summed E-state index contributed by atoms with van der Waals surface area (Å²) in [7, 11) is 0. The molecule has 2 nitrogen and oxygen atoms in total. The Balaban J connectivity index is 2.79. The molecule has 0 spiro atoms. The molecule has 0 fully saturated rings. The van der Waals surface area contributed by atoms with Crippen LogP contribution in [0.25, 0.3) is 0 Å². The Kier molecular flexibility index (Phi) is 3.40. The van der Waals surface area contributed by atoms with Crippen LogP contribution in [-0.4, -0.2) is 10.7 Å². The van der Waals surface area contributed by atoms with Gasteiger partial charge in [-0.15, -0.1) is 6.58 Å². The van der Waals surface area contributed by atoms with Crippen molar-refractivity contribution in [2.75, 3.05) is 0 Å². The van der Waals surface area contributed by atoms with E-state index in [0.717, 1.165) is 40.8 Å². The van der Waals surface area contributed by atoms with Gasteiger partial charge in [-0.25, -0.2) is 0 Å². The highest BCUT2D eigenvalue weighted by Gasteiger charge is 2.37. The van der Waals surface area contributed by atoms with E-state index in [1.54, 1.807) is 0 Å². The van der Waals surface area contributed by atoms with Crippen molar-refractivity contribution >= 4 is 0 Å². The number of ether oxygens (including phenoxy) is 1. The van der Waals surface area contributed by atoms with Crippen molar-refractivity contribution in [1.82, 2.24) is 0 Å². The van der Waals surface area contributed by atoms with Gasteiger partial charge in [0, 0.05) is 23.1 Å². The zero-order valence-electron chi connectivity index (χ0n) is 13.6. The number of aromatic hydroxyl groups is 1. The van der Waals surface area contributed by atoms with E-state index >= 15 is 0 Å². The molecule has 0 atom stereocenters. The average molecular weight is 274 g/mol. The fourth-order valence-electron chi connectivity index (χ4n) is 3.16. The second kappa shape index (κ2) is 4.54. The maximum absolute atomic E-state index is 10.7. The highest BCUT2D eigenvalue weighted by atomic mass is 16.5. The number of rotatable bonds is 2. The highest BCUT2D eigenvalue weighted by Crippen LogP contribution is 2.48. The van der Waals surface area contributed by atoms with Crippen molar-refractivity contribution in [1.29, 1.82) is 0 Å². The normalized spacial score (nSPS) is 16.7. The standard InChI is InChI=1S/C18H26O2/c1-8-9-12-14(17(3,4)5)15(19)11(2)13-10-18(6,7)20-16(12)13/h8,19H,1,9-10H2,2-7H3. The van der Waals surface area contributed by atoms with Gasteiger partial charge >= 0.3 is 0 Å². The van der Waals surface area contributed by atoms with E-state index in [4.69, 9.17) is 4.74 Å². The van der Waals surface area contributed by atoms with E-state index in [0.29, 0.717) is 5.75 Å². The molecule has 1 heterocycles. The Morgan fingerprint density at radius 2 is 1.95 bits per heavy atom. The molecule has 0 unspecified atom stereocenters. The van der Waals surface area contributed by atoms with Crippen LogP contribution in [0.5, 0.6) is 11.5 Å². The molecule has 1 aliphatic heterocycles. The van der Waals surface area contributed by atoms with Crippen molar-refractivity contribution in [2.45, 2.75) is 65.4 Å². The summed E-state index contributed by atoms with van der Waals surface area (Å²) in [4.78, 5) is 0. The van der Waals surface area contributed by atoms with Crippen LogP contribution in [-0.2, 0) is 18.3 Å². The molecule has 0 radical (unpaired) electrons. The van der Waals surface area contributed by atoms with Crippen LogP contribution in [0.3, 0.4) is 0 Å². The Bertz CT molecular complexity index is 560. The minimum Gasteiger partial charge on any atom is -0.507 e. The molecule has 0 amide bonds. The first-order valence-corrected chi connectivity index (χ1v) is 7.26. The highest BCUT2D eigenvalue weighted by molar-refractivity contribution is 5.62. The summed E-state index contributed by atoms with van der Waals surface area (Å²) in [5.41, 5.74) is 3.87. The average Bonchev–Trinajstić information content (AvgIpc) is 2.60. The SMILES string of the molecule is C=CCc1c2c(c(C)c(O)c1C(C)(C)C)CC(C)(C)O2. The van der Waals surface area contributed by atoms with Gasteiger partial charge in [-0.3, -0.25) is 0 Å². The van der Waals surface area contributed by atoms with Gasteiger partial charge in [-0.1, -0.05) is 26.8 Å². The van der Waals surface area contributed by atoms with Crippen molar-refractivity contribution in [3.05, 3.63) is 34.9 Å². The predicted octanol–water partition coefficient (Wildman–Crippen LogP) is 4.44. The number of allylic oxidation sites excluding steroid dienone is 1. The van der Waals surface area contributed by atoms with Gasteiger partial charge in [0.05, 0.1) is 0 Å². The smallest absolute Gasteiger partial charge is 0.127 e. The first-order valence-electron chi connectivity index (χ1n) is 7.26. The lowest BCUT2D eigenvalue weighted by molar-refractivity contribution is 0.137. The van der Waals surface area contributed by atoms with Gasteiger partial charge in [0.25, 0.3) is 0 Å². The van der Waals surface area contributed by atoms with Gasteiger partial charge in [0.2, 0.25) is 0 Å². The van der Waals surface area contributed by atoms with Gasteiger partial charge in [-0.2, -0.15) is 0 Å². The Hall–Kier alpha value is -1.44. The van der Waals surface area contributed by atoms with E-state index in [2.05, 4.69) is 41.2 Å². The second-order valence-corrected chi connectivity index (χ2v) is 7.42. The monoisotopic (exact) mass is 274 g/mol. The molecule has 110 valence electrons. The van der Waals surface area contributed by atoms with Gasteiger partial charge in [-0.05, 0) is 38.2 Å². The second-order valence-electron chi connectivity index (χ2n) is 7.42. The van der Waals surface area contributed by atoms with Crippen LogP contribution in [0.15, 0.2) is 12.7 Å². The third-order valence-electron chi connectivity index (χ3n) is 3.97. The molecule has 0 aromatic heterocycles. The molecule has 0 saturated carbocycles. The molecule has 0 aliphatic carbocycles. The maximum atomic E-state index is 10.7. The number of phenolic OH excluding ortho intramolecular Hbond substituents is 1. The van der Waals surface area contributed by atoms with E-state index in [-0.39, 0.29) is 11.0 Å². The largest absolute Gasteiger partial charge is 0.507 e. The van der Waals surface area contributed by atoms with Gasteiger partial charge in [0.15, 0.2) is 0 Å². The molecule has 1 aromatic rings. The number of phenols is 1. The Morgan fingerprint density at radius 3 is 2.45 bits per heavy atom. The lowest BCUT2D eigenvalue weighted by Crippen LogP contribution is -2.25. The molecule has 2 heteroatoms. The number of benzene rings is 1. The molecule has 2 rings (SSSR count). The van der Waals surface area contributed by atoms with Crippen molar-refractivity contribution in [3.8, 4) is 11.5 Å². The fourth-order valence-corrected chi connectivity index (χ4v) is 3.16. The first-order chi connectivity index (χ1) is 9.08. The molecular weight excluding hydrogens is 248 g/mol. The Labute approximate surface area is 122 Å². The summed E-state index contributed by atoms with van der Waals surface area (Å²) in [6, 6.07) is 0. The van der Waals surface area contributed by atoms with Crippen LogP contribution in [0.2, 0.25) is 0 Å². The molecule has 1 aromatic carbocycles. The molecule has 20 heavy (non-hydrogen) atoms. The van der Waals surface area contributed by atoms with Gasteiger partial charge in [0.1, 0.15) is 17.1 Å². The van der Waals surface area contributed by atoms with Crippen molar-refractivity contribution in [2.24, 2.45) is 0 Å². The fraction of sp³-hybridized carbons (Fsp3) is 0.556. The first kappa shape index (κ1) is 15.0. The summed E-state index contributed by atoms with van der Waals surface area (Å²) in [5.74, 6) is 1.39. The third kappa shape index (κ3) is 2.32. The minimum atomic E-state index is -0.202.